The highest BCUT2D eigenvalue weighted by atomic mass is 16.1. The van der Waals surface area contributed by atoms with E-state index in [1.807, 2.05) is 57.2 Å². The number of aromatic amines is 1. The zero-order valence-corrected chi connectivity index (χ0v) is 14.1. The molecule has 0 unspecified atom stereocenters. The van der Waals surface area contributed by atoms with Crippen molar-refractivity contribution in [3.8, 4) is 0 Å². The molecule has 1 heterocycles. The zero-order valence-electron chi connectivity index (χ0n) is 14.1. The van der Waals surface area contributed by atoms with Crippen molar-refractivity contribution in [3.05, 3.63) is 80.6 Å². The Balaban J connectivity index is 1.87. The van der Waals surface area contributed by atoms with Gasteiger partial charge in [0.05, 0.1) is 5.52 Å². The second-order valence-electron chi connectivity index (χ2n) is 6.09. The Bertz CT molecular complexity index is 987. The number of carbonyl (C=O) groups excluding carboxylic acids is 1. The number of H-pyrrole nitrogens is 1. The smallest absolute Gasteiger partial charge is 0.253 e. The molecule has 24 heavy (non-hydrogen) atoms. The van der Waals surface area contributed by atoms with E-state index >= 15 is 0 Å². The molecule has 2 N–H and O–H groups in total. The average Bonchev–Trinajstić information content (AvgIpc) is 2.57. The van der Waals surface area contributed by atoms with Crippen molar-refractivity contribution in [2.75, 3.05) is 0 Å². The molecule has 122 valence electrons. The van der Waals surface area contributed by atoms with Crippen molar-refractivity contribution in [2.45, 2.75) is 27.3 Å². The number of nitrogens with one attached hydrogen (secondary N) is 2. The van der Waals surface area contributed by atoms with Crippen LogP contribution in [-0.2, 0) is 6.54 Å². The molecule has 0 aliphatic carbocycles. The van der Waals surface area contributed by atoms with Gasteiger partial charge < -0.3 is 10.3 Å². The summed E-state index contributed by atoms with van der Waals surface area (Å²) in [6.45, 7) is 6.10. The van der Waals surface area contributed by atoms with Gasteiger partial charge in [0.25, 0.3) is 11.5 Å². The van der Waals surface area contributed by atoms with Crippen molar-refractivity contribution in [1.29, 1.82) is 0 Å². The maximum Gasteiger partial charge on any atom is 0.253 e. The van der Waals surface area contributed by atoms with E-state index in [1.165, 1.54) is 0 Å². The van der Waals surface area contributed by atoms with Crippen LogP contribution in [0, 0.1) is 20.8 Å². The Labute approximate surface area is 140 Å². The predicted molar refractivity (Wildman–Crippen MR) is 96.4 cm³/mol. The molecule has 0 radical (unpaired) electrons. The molecule has 3 rings (SSSR count). The normalized spacial score (nSPS) is 10.8. The molecule has 0 saturated heterocycles. The van der Waals surface area contributed by atoms with E-state index in [1.54, 1.807) is 6.07 Å². The van der Waals surface area contributed by atoms with Crippen LogP contribution >= 0.6 is 0 Å². The highest BCUT2D eigenvalue weighted by Crippen LogP contribution is 2.18. The lowest BCUT2D eigenvalue weighted by atomic mass is 10.0. The van der Waals surface area contributed by atoms with E-state index in [9.17, 15) is 9.59 Å². The molecule has 1 aromatic heterocycles. The summed E-state index contributed by atoms with van der Waals surface area (Å²) in [5.41, 5.74) is 4.98. The monoisotopic (exact) mass is 320 g/mol. The van der Waals surface area contributed by atoms with Crippen LogP contribution in [0.1, 0.15) is 32.6 Å². The van der Waals surface area contributed by atoms with Crippen LogP contribution in [0.4, 0.5) is 0 Å². The molecule has 4 heteroatoms. The molecule has 0 atom stereocenters. The summed E-state index contributed by atoms with van der Waals surface area (Å²) < 4.78 is 0. The number of pyridine rings is 1. The van der Waals surface area contributed by atoms with E-state index in [2.05, 4.69) is 10.3 Å². The fourth-order valence-corrected chi connectivity index (χ4v) is 2.80. The van der Waals surface area contributed by atoms with Gasteiger partial charge in [0.2, 0.25) is 0 Å². The Kier molecular flexibility index (Phi) is 4.21. The van der Waals surface area contributed by atoms with Gasteiger partial charge in [-0.2, -0.15) is 0 Å². The fourth-order valence-electron chi connectivity index (χ4n) is 2.80. The number of hydrogen-bond acceptors (Lipinski definition) is 2. The summed E-state index contributed by atoms with van der Waals surface area (Å²) in [7, 11) is 0. The Morgan fingerprint density at radius 2 is 1.79 bits per heavy atom. The summed E-state index contributed by atoms with van der Waals surface area (Å²) >= 11 is 0. The standard InChI is InChI=1S/C20H20N2O2/c1-12-8-9-15-10-16(19(23)22-18(15)14(12)3)11-21-20(24)17-7-5-4-6-13(17)2/h4-10H,11H2,1-3H3,(H,21,24)(H,22,23). The van der Waals surface area contributed by atoms with Gasteiger partial charge in [-0.1, -0.05) is 30.3 Å². The van der Waals surface area contributed by atoms with E-state index in [0.29, 0.717) is 11.1 Å². The van der Waals surface area contributed by atoms with Gasteiger partial charge in [0, 0.05) is 17.7 Å². The zero-order chi connectivity index (χ0) is 17.3. The predicted octanol–water partition coefficient (Wildman–Crippen LogP) is 3.38. The van der Waals surface area contributed by atoms with Gasteiger partial charge in [0.15, 0.2) is 0 Å². The second-order valence-corrected chi connectivity index (χ2v) is 6.09. The first-order chi connectivity index (χ1) is 11.5. The fraction of sp³-hybridized carbons (Fsp3) is 0.200. The summed E-state index contributed by atoms with van der Waals surface area (Å²) in [5, 5.41) is 3.80. The number of rotatable bonds is 3. The van der Waals surface area contributed by atoms with E-state index < -0.39 is 0 Å². The summed E-state index contributed by atoms with van der Waals surface area (Å²) in [5.74, 6) is -0.173. The third-order valence-corrected chi connectivity index (χ3v) is 4.46. The minimum atomic E-state index is -0.173. The molecule has 4 nitrogen and oxygen atoms in total. The van der Waals surface area contributed by atoms with Gasteiger partial charge in [0.1, 0.15) is 0 Å². The Morgan fingerprint density at radius 1 is 1.04 bits per heavy atom. The van der Waals surface area contributed by atoms with Gasteiger partial charge in [-0.25, -0.2) is 0 Å². The molecule has 0 bridgehead atoms. The van der Waals surface area contributed by atoms with Crippen molar-refractivity contribution in [3.63, 3.8) is 0 Å². The van der Waals surface area contributed by atoms with Crippen LogP contribution in [-0.4, -0.2) is 10.9 Å². The second kappa shape index (κ2) is 6.32. The van der Waals surface area contributed by atoms with Crippen LogP contribution in [0.25, 0.3) is 10.9 Å². The van der Waals surface area contributed by atoms with Gasteiger partial charge in [-0.15, -0.1) is 0 Å². The molecule has 3 aromatic rings. The molecule has 2 aromatic carbocycles. The largest absolute Gasteiger partial charge is 0.348 e. The number of aryl methyl sites for hydroxylation is 3. The van der Waals surface area contributed by atoms with Gasteiger partial charge in [-0.3, -0.25) is 9.59 Å². The lowest BCUT2D eigenvalue weighted by Gasteiger charge is -2.10. The van der Waals surface area contributed by atoms with Crippen molar-refractivity contribution < 1.29 is 4.79 Å². The van der Waals surface area contributed by atoms with Crippen LogP contribution in [0.2, 0.25) is 0 Å². The number of hydrogen-bond donors (Lipinski definition) is 2. The summed E-state index contributed by atoms with van der Waals surface area (Å²) in [6, 6.07) is 13.3. The lowest BCUT2D eigenvalue weighted by molar-refractivity contribution is 0.0950. The molecule has 0 fully saturated rings. The molecule has 0 spiro atoms. The maximum absolute atomic E-state index is 12.3. The molecule has 0 aliphatic heterocycles. The molecular weight excluding hydrogens is 300 g/mol. The van der Waals surface area contributed by atoms with E-state index in [0.717, 1.165) is 27.6 Å². The van der Waals surface area contributed by atoms with E-state index in [-0.39, 0.29) is 18.0 Å². The van der Waals surface area contributed by atoms with Gasteiger partial charge >= 0.3 is 0 Å². The Hall–Kier alpha value is -2.88. The minimum Gasteiger partial charge on any atom is -0.348 e. The molecule has 0 aliphatic rings. The lowest BCUT2D eigenvalue weighted by Crippen LogP contribution is -2.27. The average molecular weight is 320 g/mol. The summed E-state index contributed by atoms with van der Waals surface area (Å²) in [6.07, 6.45) is 0. The van der Waals surface area contributed by atoms with Crippen LogP contribution in [0.5, 0.6) is 0 Å². The van der Waals surface area contributed by atoms with Crippen molar-refractivity contribution >= 4 is 16.8 Å². The number of benzene rings is 2. The third-order valence-electron chi connectivity index (χ3n) is 4.46. The molecule has 0 saturated carbocycles. The minimum absolute atomic E-state index is 0.165. The first-order valence-electron chi connectivity index (χ1n) is 7.93. The van der Waals surface area contributed by atoms with Crippen molar-refractivity contribution in [1.82, 2.24) is 10.3 Å². The van der Waals surface area contributed by atoms with Crippen LogP contribution < -0.4 is 10.9 Å². The van der Waals surface area contributed by atoms with Crippen LogP contribution in [0.15, 0.2) is 47.3 Å². The first kappa shape index (κ1) is 16.0. The van der Waals surface area contributed by atoms with Crippen LogP contribution in [0.3, 0.4) is 0 Å². The molecule has 1 amide bonds. The molecular formula is C20H20N2O2. The van der Waals surface area contributed by atoms with Crippen molar-refractivity contribution in [2.24, 2.45) is 0 Å². The number of aromatic nitrogens is 1. The maximum atomic E-state index is 12.3. The summed E-state index contributed by atoms with van der Waals surface area (Å²) in [4.78, 5) is 27.5. The Morgan fingerprint density at radius 3 is 2.54 bits per heavy atom. The number of fused-ring (bicyclic) bond motifs is 1. The topological polar surface area (TPSA) is 62.0 Å². The SMILES string of the molecule is Cc1ccccc1C(=O)NCc1cc2ccc(C)c(C)c2[nH]c1=O. The highest BCUT2D eigenvalue weighted by Gasteiger charge is 2.10. The first-order valence-corrected chi connectivity index (χ1v) is 7.93. The van der Waals surface area contributed by atoms with E-state index in [4.69, 9.17) is 0 Å². The number of carbonyl (C=O) groups is 1. The van der Waals surface area contributed by atoms with Gasteiger partial charge in [-0.05, 0) is 55.0 Å². The third kappa shape index (κ3) is 2.95. The quantitative estimate of drug-likeness (QED) is 0.777. The highest BCUT2D eigenvalue weighted by molar-refractivity contribution is 5.95. The number of amides is 1.